The van der Waals surface area contributed by atoms with Crippen LogP contribution in [0, 0.1) is 5.92 Å². The fourth-order valence-corrected chi connectivity index (χ4v) is 3.99. The molecular weight excluding hydrogens is 425 g/mol. The molecule has 0 saturated carbocycles. The van der Waals surface area contributed by atoms with Crippen LogP contribution in [0.3, 0.4) is 0 Å². The molecule has 2 atom stereocenters. The maximum Gasteiger partial charge on any atom is 0.231 e. The number of amides is 1. The van der Waals surface area contributed by atoms with Gasteiger partial charge < -0.3 is 10.1 Å². The molecule has 4 rings (SSSR count). The first-order chi connectivity index (χ1) is 14.6. The van der Waals surface area contributed by atoms with E-state index >= 15 is 0 Å². The Kier molecular flexibility index (Phi) is 6.13. The molecule has 9 heteroatoms. The third-order valence-corrected chi connectivity index (χ3v) is 5.72. The highest BCUT2D eigenvalue weighted by Crippen LogP contribution is 2.40. The van der Waals surface area contributed by atoms with Gasteiger partial charge in [0.25, 0.3) is 0 Å². The van der Waals surface area contributed by atoms with Crippen molar-refractivity contribution in [1.29, 1.82) is 0 Å². The number of rotatable bonds is 6. The van der Waals surface area contributed by atoms with Gasteiger partial charge in [0.05, 0.1) is 46.8 Å². The number of nitrogens with zero attached hydrogens (tertiary/aromatic N) is 4. The summed E-state index contributed by atoms with van der Waals surface area (Å²) >= 11 is 12.8. The van der Waals surface area contributed by atoms with E-state index in [-0.39, 0.29) is 12.5 Å². The Morgan fingerprint density at radius 1 is 1.17 bits per heavy atom. The lowest BCUT2D eigenvalue weighted by Crippen LogP contribution is -2.44. The number of fused-ring (bicyclic) bond motifs is 1. The molecule has 1 aliphatic rings. The number of methoxy groups -OCH3 is 1. The van der Waals surface area contributed by atoms with Crippen molar-refractivity contribution in [1.82, 2.24) is 20.1 Å². The minimum atomic E-state index is -0.683. The van der Waals surface area contributed by atoms with E-state index in [1.165, 1.54) is 0 Å². The first-order valence-corrected chi connectivity index (χ1v) is 10.1. The van der Waals surface area contributed by atoms with Crippen LogP contribution in [0.5, 0.6) is 0 Å². The molecule has 1 aromatic carbocycles. The van der Waals surface area contributed by atoms with Crippen molar-refractivity contribution in [3.8, 4) is 0 Å². The van der Waals surface area contributed by atoms with Crippen molar-refractivity contribution >= 4 is 40.6 Å². The van der Waals surface area contributed by atoms with Gasteiger partial charge in [-0.1, -0.05) is 41.4 Å². The molecule has 2 unspecified atom stereocenters. The van der Waals surface area contributed by atoms with Crippen LogP contribution in [0.2, 0.25) is 10.0 Å². The minimum Gasteiger partial charge on any atom is -0.379 e. The SMILES string of the molecule is COCC1=Nc2ccnn2C(c2cccc(Cl)c2Cl)C1C(=O)NCc1ccccn1. The summed E-state index contributed by atoms with van der Waals surface area (Å²) in [7, 11) is 1.57. The number of nitrogens with one attached hydrogen (secondary N) is 1. The number of carbonyl (C=O) groups excluding carboxylic acids is 1. The largest absolute Gasteiger partial charge is 0.379 e. The molecule has 1 N–H and O–H groups in total. The van der Waals surface area contributed by atoms with Gasteiger partial charge in [-0.2, -0.15) is 5.10 Å². The molecule has 0 fully saturated rings. The van der Waals surface area contributed by atoms with Crippen LogP contribution >= 0.6 is 23.2 Å². The summed E-state index contributed by atoms with van der Waals surface area (Å²) < 4.78 is 7.04. The molecule has 0 saturated heterocycles. The molecule has 0 aliphatic carbocycles. The summed E-state index contributed by atoms with van der Waals surface area (Å²) in [6, 6.07) is 12.2. The molecular formula is C21H19Cl2N5O2. The topological polar surface area (TPSA) is 81.4 Å². The normalized spacial score (nSPS) is 17.9. The number of hydrogen-bond acceptors (Lipinski definition) is 5. The third kappa shape index (κ3) is 3.96. The molecule has 154 valence electrons. The van der Waals surface area contributed by atoms with Gasteiger partial charge in [0.15, 0.2) is 5.82 Å². The van der Waals surface area contributed by atoms with Crippen molar-refractivity contribution in [3.05, 3.63) is 76.2 Å². The summed E-state index contributed by atoms with van der Waals surface area (Å²) in [5, 5.41) is 8.15. The van der Waals surface area contributed by atoms with Crippen molar-refractivity contribution in [3.63, 3.8) is 0 Å². The summed E-state index contributed by atoms with van der Waals surface area (Å²) in [5.74, 6) is -0.285. The van der Waals surface area contributed by atoms with Crippen molar-refractivity contribution < 1.29 is 9.53 Å². The zero-order valence-corrected chi connectivity index (χ0v) is 17.6. The Morgan fingerprint density at radius 3 is 2.80 bits per heavy atom. The van der Waals surface area contributed by atoms with E-state index in [0.29, 0.717) is 33.7 Å². The standard InChI is InChI=1S/C21H19Cl2N5O2/c1-30-12-16-18(21(29)25-11-13-5-2-3-9-24-13)20(28-17(27-16)8-10-26-28)14-6-4-7-15(22)19(14)23/h2-10,18,20H,11-12H2,1H3,(H,25,29). The second kappa shape index (κ2) is 8.95. The van der Waals surface area contributed by atoms with Gasteiger partial charge in [-0.3, -0.25) is 9.78 Å². The molecule has 0 bridgehead atoms. The van der Waals surface area contributed by atoms with Gasteiger partial charge in [-0.15, -0.1) is 0 Å². The quantitative estimate of drug-likeness (QED) is 0.627. The first-order valence-electron chi connectivity index (χ1n) is 9.31. The molecule has 3 aromatic rings. The Balaban J connectivity index is 1.75. The van der Waals surface area contributed by atoms with Crippen molar-refractivity contribution in [2.45, 2.75) is 12.6 Å². The molecule has 0 radical (unpaired) electrons. The molecule has 30 heavy (non-hydrogen) atoms. The van der Waals surface area contributed by atoms with E-state index < -0.39 is 12.0 Å². The number of carbonyl (C=O) groups is 1. The number of pyridine rings is 1. The zero-order chi connectivity index (χ0) is 21.1. The van der Waals surface area contributed by atoms with E-state index in [2.05, 4.69) is 20.4 Å². The van der Waals surface area contributed by atoms with Crippen LogP contribution in [0.25, 0.3) is 0 Å². The van der Waals surface area contributed by atoms with Crippen LogP contribution in [0.4, 0.5) is 5.82 Å². The van der Waals surface area contributed by atoms with Gasteiger partial charge in [-0.05, 0) is 23.8 Å². The van der Waals surface area contributed by atoms with Gasteiger partial charge >= 0.3 is 0 Å². The smallest absolute Gasteiger partial charge is 0.231 e. The van der Waals surface area contributed by atoms with Gasteiger partial charge in [0.1, 0.15) is 5.92 Å². The number of hydrogen-bond donors (Lipinski definition) is 1. The Labute approximate surface area is 183 Å². The Bertz CT molecular complexity index is 1080. The van der Waals surface area contributed by atoms with Gasteiger partial charge in [-0.25, -0.2) is 9.67 Å². The van der Waals surface area contributed by atoms with Crippen LogP contribution in [0.1, 0.15) is 17.3 Å². The van der Waals surface area contributed by atoms with Crippen molar-refractivity contribution in [2.24, 2.45) is 10.9 Å². The van der Waals surface area contributed by atoms with Crippen molar-refractivity contribution in [2.75, 3.05) is 13.7 Å². The summed E-state index contributed by atoms with van der Waals surface area (Å²) in [6.45, 7) is 0.486. The second-order valence-electron chi connectivity index (χ2n) is 6.77. The molecule has 3 heterocycles. The van der Waals surface area contributed by atoms with Crippen LogP contribution < -0.4 is 5.32 Å². The van der Waals surface area contributed by atoms with E-state index in [1.54, 1.807) is 42.4 Å². The highest BCUT2D eigenvalue weighted by molar-refractivity contribution is 6.42. The second-order valence-corrected chi connectivity index (χ2v) is 7.56. The molecule has 1 amide bonds. The maximum absolute atomic E-state index is 13.4. The predicted octanol–water partition coefficient (Wildman–Crippen LogP) is 3.84. The predicted molar refractivity (Wildman–Crippen MR) is 115 cm³/mol. The average molecular weight is 444 g/mol. The van der Waals surface area contributed by atoms with E-state index in [1.807, 2.05) is 24.3 Å². The van der Waals surface area contributed by atoms with E-state index in [4.69, 9.17) is 27.9 Å². The highest BCUT2D eigenvalue weighted by atomic mass is 35.5. The first kappa shape index (κ1) is 20.5. The Morgan fingerprint density at radius 2 is 2.03 bits per heavy atom. The molecule has 0 spiro atoms. The summed E-state index contributed by atoms with van der Waals surface area (Å²) in [4.78, 5) is 22.3. The van der Waals surface area contributed by atoms with Crippen LogP contribution in [0.15, 0.2) is 59.9 Å². The molecule has 1 aliphatic heterocycles. The van der Waals surface area contributed by atoms with Gasteiger partial charge in [0.2, 0.25) is 5.91 Å². The summed E-state index contributed by atoms with van der Waals surface area (Å²) in [5.41, 5.74) is 2.03. The molecule has 2 aromatic heterocycles. The lowest BCUT2D eigenvalue weighted by atomic mass is 9.87. The number of benzene rings is 1. The maximum atomic E-state index is 13.4. The van der Waals surface area contributed by atoms with Crippen LogP contribution in [-0.4, -0.2) is 40.1 Å². The van der Waals surface area contributed by atoms with E-state index in [0.717, 1.165) is 5.69 Å². The van der Waals surface area contributed by atoms with Crippen LogP contribution in [-0.2, 0) is 16.1 Å². The lowest BCUT2D eigenvalue weighted by molar-refractivity contribution is -0.124. The highest BCUT2D eigenvalue weighted by Gasteiger charge is 2.40. The van der Waals surface area contributed by atoms with Gasteiger partial charge in [0, 0.05) is 19.4 Å². The monoisotopic (exact) mass is 443 g/mol. The number of ether oxygens (including phenoxy) is 1. The fraction of sp³-hybridized carbons (Fsp3) is 0.238. The Hall–Kier alpha value is -2.74. The fourth-order valence-electron chi connectivity index (χ4n) is 3.57. The number of halogens is 2. The molecule has 7 nitrogen and oxygen atoms in total. The lowest BCUT2D eigenvalue weighted by Gasteiger charge is -2.32. The summed E-state index contributed by atoms with van der Waals surface area (Å²) in [6.07, 6.45) is 3.33. The number of aromatic nitrogens is 3. The van der Waals surface area contributed by atoms with E-state index in [9.17, 15) is 4.79 Å². The number of aliphatic imine (C=N–C) groups is 1. The average Bonchev–Trinajstić information content (AvgIpc) is 3.22. The minimum absolute atomic E-state index is 0.196. The third-order valence-electron chi connectivity index (χ3n) is 4.89. The zero-order valence-electron chi connectivity index (χ0n) is 16.1.